The van der Waals surface area contributed by atoms with Crippen LogP contribution in [-0.2, 0) is 23.7 Å². The smallest absolute Gasteiger partial charge is 0.305 e. The molecule has 7 nitrogen and oxygen atoms in total. The number of methoxy groups -OCH3 is 1. The monoisotopic (exact) mass is 640 g/mol. The van der Waals surface area contributed by atoms with E-state index in [1.165, 1.54) is 38.5 Å². The zero-order chi connectivity index (χ0) is 32.9. The third kappa shape index (κ3) is 33.9. The van der Waals surface area contributed by atoms with Gasteiger partial charge in [0.2, 0.25) is 0 Å². The number of unbranched alkanes of at least 4 members (excludes halogenated alkanes) is 12. The van der Waals surface area contributed by atoms with E-state index >= 15 is 0 Å². The van der Waals surface area contributed by atoms with Crippen LogP contribution in [0.4, 0.5) is 0 Å². The topological polar surface area (TPSA) is 77.5 Å². The minimum Gasteiger partial charge on any atom is -0.466 e. The fourth-order valence-corrected chi connectivity index (χ4v) is 5.15. The number of ether oxygens (including phenoxy) is 4. The SMILES string of the molecule is CC/C=C\CCCCOC(CCC(=O)OCCCCCCCN(CCCO)CCCCCCCOC)OCCCC/C=C\CC. The van der Waals surface area contributed by atoms with Gasteiger partial charge in [0.1, 0.15) is 0 Å². The molecule has 0 rings (SSSR count). The van der Waals surface area contributed by atoms with Crippen molar-refractivity contribution in [2.24, 2.45) is 0 Å². The molecule has 0 aliphatic rings. The van der Waals surface area contributed by atoms with E-state index in [0.717, 1.165) is 110 Å². The summed E-state index contributed by atoms with van der Waals surface area (Å²) in [6.07, 6.45) is 30.5. The van der Waals surface area contributed by atoms with Crippen LogP contribution in [0.25, 0.3) is 0 Å². The standard InChI is InChI=1S/C38H73NO6/c1-4-6-8-10-17-24-35-44-38(45-36-25-18-11-9-7-5-2)28-27-37(41)43-34-23-19-13-15-21-30-39(31-26-32-40)29-20-14-12-16-22-33-42-3/h6-9,38,40H,4-5,10-36H2,1-3H3/b8-6-,9-7-. The van der Waals surface area contributed by atoms with Crippen LogP contribution in [-0.4, -0.2) is 82.0 Å². The summed E-state index contributed by atoms with van der Waals surface area (Å²) in [5, 5.41) is 9.26. The second-order valence-electron chi connectivity index (χ2n) is 12.1. The molecule has 0 amide bonds. The summed E-state index contributed by atoms with van der Waals surface area (Å²) < 4.78 is 22.7. The molecule has 0 saturated heterocycles. The van der Waals surface area contributed by atoms with Crippen LogP contribution in [0.5, 0.6) is 0 Å². The van der Waals surface area contributed by atoms with Crippen molar-refractivity contribution in [1.82, 2.24) is 4.90 Å². The van der Waals surface area contributed by atoms with Crippen LogP contribution in [0.1, 0.15) is 149 Å². The molecule has 0 aromatic heterocycles. The minimum atomic E-state index is -0.340. The van der Waals surface area contributed by atoms with Crippen molar-refractivity contribution < 1.29 is 28.8 Å². The van der Waals surface area contributed by atoms with Crippen molar-refractivity contribution in [3.8, 4) is 0 Å². The van der Waals surface area contributed by atoms with E-state index < -0.39 is 0 Å². The number of hydrogen-bond acceptors (Lipinski definition) is 7. The molecule has 7 heteroatoms. The number of carbonyl (C=O) groups excluding carboxylic acids is 1. The van der Waals surface area contributed by atoms with Crippen LogP contribution >= 0.6 is 0 Å². The van der Waals surface area contributed by atoms with Gasteiger partial charge in [0.15, 0.2) is 6.29 Å². The molecule has 266 valence electrons. The van der Waals surface area contributed by atoms with E-state index in [0.29, 0.717) is 32.7 Å². The summed E-state index contributed by atoms with van der Waals surface area (Å²) >= 11 is 0. The molecule has 0 aliphatic heterocycles. The second kappa shape index (κ2) is 37.2. The summed E-state index contributed by atoms with van der Waals surface area (Å²) in [6, 6.07) is 0. The van der Waals surface area contributed by atoms with Crippen molar-refractivity contribution in [3.05, 3.63) is 24.3 Å². The maximum Gasteiger partial charge on any atom is 0.305 e. The molecular weight excluding hydrogens is 566 g/mol. The van der Waals surface area contributed by atoms with Crippen LogP contribution < -0.4 is 0 Å². The quantitative estimate of drug-likeness (QED) is 0.0317. The summed E-state index contributed by atoms with van der Waals surface area (Å²) in [4.78, 5) is 14.9. The van der Waals surface area contributed by atoms with Gasteiger partial charge in [-0.1, -0.05) is 76.7 Å². The Kier molecular flexibility index (Phi) is 36.2. The fourth-order valence-electron chi connectivity index (χ4n) is 5.15. The molecule has 1 N–H and O–H groups in total. The fraction of sp³-hybridized carbons (Fsp3) is 0.868. The molecule has 0 aliphatic carbocycles. The molecule has 0 atom stereocenters. The Morgan fingerprint density at radius 1 is 0.622 bits per heavy atom. The molecule has 0 aromatic rings. The van der Waals surface area contributed by atoms with E-state index in [1.54, 1.807) is 7.11 Å². The highest BCUT2D eigenvalue weighted by atomic mass is 16.7. The lowest BCUT2D eigenvalue weighted by atomic mass is 10.1. The van der Waals surface area contributed by atoms with E-state index in [4.69, 9.17) is 18.9 Å². The summed E-state index contributed by atoms with van der Waals surface area (Å²) in [5.74, 6) is -0.153. The van der Waals surface area contributed by atoms with Gasteiger partial charge < -0.3 is 29.0 Å². The van der Waals surface area contributed by atoms with Crippen molar-refractivity contribution in [2.45, 2.75) is 155 Å². The Hall–Kier alpha value is -1.25. The third-order valence-corrected chi connectivity index (χ3v) is 7.86. The predicted octanol–water partition coefficient (Wildman–Crippen LogP) is 9.17. The Balaban J connectivity index is 4.09. The summed E-state index contributed by atoms with van der Waals surface area (Å²) in [6.45, 7) is 10.5. The first-order chi connectivity index (χ1) is 22.2. The Morgan fingerprint density at radius 2 is 1.11 bits per heavy atom. The molecule has 0 saturated carbocycles. The third-order valence-electron chi connectivity index (χ3n) is 7.86. The average molecular weight is 640 g/mol. The zero-order valence-electron chi connectivity index (χ0n) is 29.8. The van der Waals surface area contributed by atoms with Gasteiger partial charge in [-0.15, -0.1) is 0 Å². The number of esters is 1. The number of rotatable bonds is 36. The maximum absolute atomic E-state index is 12.4. The molecular formula is C38H73NO6. The number of carbonyl (C=O) groups is 1. The molecule has 0 unspecified atom stereocenters. The lowest BCUT2D eigenvalue weighted by Crippen LogP contribution is -2.27. The number of aliphatic hydroxyl groups excluding tert-OH is 1. The van der Waals surface area contributed by atoms with Crippen molar-refractivity contribution >= 4 is 5.97 Å². The highest BCUT2D eigenvalue weighted by Gasteiger charge is 2.13. The molecule has 0 aromatic carbocycles. The first-order valence-electron chi connectivity index (χ1n) is 18.7. The average Bonchev–Trinajstić information content (AvgIpc) is 3.05. The van der Waals surface area contributed by atoms with Gasteiger partial charge in [0.05, 0.1) is 13.0 Å². The first-order valence-corrected chi connectivity index (χ1v) is 18.7. The summed E-state index contributed by atoms with van der Waals surface area (Å²) in [7, 11) is 1.77. The van der Waals surface area contributed by atoms with Crippen LogP contribution in [0.15, 0.2) is 24.3 Å². The van der Waals surface area contributed by atoms with Gasteiger partial charge in [0.25, 0.3) is 0 Å². The number of hydrogen-bond donors (Lipinski definition) is 1. The van der Waals surface area contributed by atoms with Gasteiger partial charge in [-0.25, -0.2) is 0 Å². The minimum absolute atomic E-state index is 0.153. The molecule has 45 heavy (non-hydrogen) atoms. The lowest BCUT2D eigenvalue weighted by Gasteiger charge is -2.22. The van der Waals surface area contributed by atoms with E-state index in [1.807, 2.05) is 0 Å². The normalized spacial score (nSPS) is 12.0. The molecule has 0 radical (unpaired) electrons. The number of aliphatic hydroxyl groups is 1. The van der Waals surface area contributed by atoms with E-state index in [-0.39, 0.29) is 18.9 Å². The van der Waals surface area contributed by atoms with E-state index in [9.17, 15) is 9.90 Å². The second-order valence-corrected chi connectivity index (χ2v) is 12.1. The van der Waals surface area contributed by atoms with Gasteiger partial charge in [-0.05, 0) is 96.6 Å². The van der Waals surface area contributed by atoms with Gasteiger partial charge in [0, 0.05) is 46.5 Å². The zero-order valence-corrected chi connectivity index (χ0v) is 29.8. The highest BCUT2D eigenvalue weighted by Crippen LogP contribution is 2.12. The maximum atomic E-state index is 12.4. The van der Waals surface area contributed by atoms with Crippen LogP contribution in [0, 0.1) is 0 Å². The Morgan fingerprint density at radius 3 is 1.64 bits per heavy atom. The van der Waals surface area contributed by atoms with Crippen LogP contribution in [0.2, 0.25) is 0 Å². The van der Waals surface area contributed by atoms with Gasteiger partial charge in [-0.3, -0.25) is 4.79 Å². The lowest BCUT2D eigenvalue weighted by molar-refractivity contribution is -0.159. The Labute approximate surface area is 278 Å². The van der Waals surface area contributed by atoms with Gasteiger partial charge in [-0.2, -0.15) is 0 Å². The molecule has 0 heterocycles. The van der Waals surface area contributed by atoms with Crippen LogP contribution in [0.3, 0.4) is 0 Å². The van der Waals surface area contributed by atoms with Crippen molar-refractivity contribution in [2.75, 3.05) is 59.8 Å². The highest BCUT2D eigenvalue weighted by molar-refractivity contribution is 5.69. The first kappa shape index (κ1) is 43.8. The van der Waals surface area contributed by atoms with Gasteiger partial charge >= 0.3 is 5.97 Å². The Bertz CT molecular complexity index is 632. The number of allylic oxidation sites excluding steroid dienone is 4. The summed E-state index contributed by atoms with van der Waals surface area (Å²) in [5.41, 5.74) is 0. The number of nitrogens with zero attached hydrogens (tertiary/aromatic N) is 1. The molecule has 0 fully saturated rings. The van der Waals surface area contributed by atoms with E-state index in [2.05, 4.69) is 43.1 Å². The predicted molar refractivity (Wildman–Crippen MR) is 189 cm³/mol. The largest absolute Gasteiger partial charge is 0.466 e. The molecule has 0 bridgehead atoms. The van der Waals surface area contributed by atoms with Crippen molar-refractivity contribution in [3.63, 3.8) is 0 Å². The van der Waals surface area contributed by atoms with Crippen molar-refractivity contribution in [1.29, 1.82) is 0 Å². The molecule has 0 spiro atoms.